The summed E-state index contributed by atoms with van der Waals surface area (Å²) in [6, 6.07) is 8.84. The average Bonchev–Trinajstić information content (AvgIpc) is 2.80. The topological polar surface area (TPSA) is 12.9 Å². The van der Waals surface area contributed by atoms with E-state index < -0.39 is 0 Å². The van der Waals surface area contributed by atoms with Crippen molar-refractivity contribution in [1.29, 1.82) is 0 Å². The van der Waals surface area contributed by atoms with E-state index in [1.807, 2.05) is 17.5 Å². The molecule has 0 fully saturated rings. The number of hydrogen-bond acceptors (Lipinski definition) is 2. The first-order chi connectivity index (χ1) is 10.0. The fraction of sp³-hybridized carbons (Fsp3) is 0.316. The lowest BCUT2D eigenvalue weighted by molar-refractivity contribution is 0.651. The second kappa shape index (κ2) is 5.61. The van der Waals surface area contributed by atoms with E-state index in [2.05, 4.69) is 62.3 Å². The van der Waals surface area contributed by atoms with Crippen LogP contribution in [-0.2, 0) is 6.42 Å². The van der Waals surface area contributed by atoms with Crippen molar-refractivity contribution in [2.75, 3.05) is 0 Å². The van der Waals surface area contributed by atoms with Gasteiger partial charge in [-0.2, -0.15) is 0 Å². The summed E-state index contributed by atoms with van der Waals surface area (Å²) in [4.78, 5) is 4.66. The van der Waals surface area contributed by atoms with Crippen LogP contribution in [-0.4, -0.2) is 4.98 Å². The summed E-state index contributed by atoms with van der Waals surface area (Å²) in [5, 5.41) is 3.68. The number of pyridine rings is 1. The third-order valence-corrected chi connectivity index (χ3v) is 4.74. The van der Waals surface area contributed by atoms with Crippen LogP contribution in [0.25, 0.3) is 21.3 Å². The maximum atomic E-state index is 4.66. The lowest BCUT2D eigenvalue weighted by Crippen LogP contribution is -1.93. The molecule has 0 atom stereocenters. The molecule has 0 aliphatic heterocycles. The third-order valence-electron chi connectivity index (χ3n) is 3.69. The Morgan fingerprint density at radius 1 is 1.10 bits per heavy atom. The summed E-state index contributed by atoms with van der Waals surface area (Å²) in [6.45, 7) is 8.84. The SMILES string of the molecule is Cc1cc(C)cc(-c2nccc3c(CC(C)C)csc23)c1. The monoisotopic (exact) mass is 295 g/mol. The van der Waals surface area contributed by atoms with Gasteiger partial charge in [0.2, 0.25) is 0 Å². The minimum Gasteiger partial charge on any atom is -0.255 e. The number of thiophene rings is 1. The quantitative estimate of drug-likeness (QED) is 0.597. The van der Waals surface area contributed by atoms with Gasteiger partial charge in [0, 0.05) is 11.8 Å². The van der Waals surface area contributed by atoms with Gasteiger partial charge < -0.3 is 0 Å². The summed E-state index contributed by atoms with van der Waals surface area (Å²) < 4.78 is 1.32. The Hall–Kier alpha value is -1.67. The van der Waals surface area contributed by atoms with Crippen molar-refractivity contribution in [3.05, 3.63) is 52.5 Å². The Labute approximate surface area is 130 Å². The molecule has 0 amide bonds. The van der Waals surface area contributed by atoms with Crippen molar-refractivity contribution >= 4 is 21.4 Å². The van der Waals surface area contributed by atoms with Crippen molar-refractivity contribution in [2.45, 2.75) is 34.1 Å². The van der Waals surface area contributed by atoms with Crippen LogP contribution in [0.2, 0.25) is 0 Å². The van der Waals surface area contributed by atoms with Gasteiger partial charge in [-0.15, -0.1) is 11.3 Å². The Morgan fingerprint density at radius 3 is 2.48 bits per heavy atom. The van der Waals surface area contributed by atoms with E-state index in [4.69, 9.17) is 0 Å². The number of nitrogens with zero attached hydrogens (tertiary/aromatic N) is 1. The molecular formula is C19H21NS. The van der Waals surface area contributed by atoms with Gasteiger partial charge in [-0.3, -0.25) is 4.98 Å². The highest BCUT2D eigenvalue weighted by molar-refractivity contribution is 7.18. The van der Waals surface area contributed by atoms with E-state index in [1.54, 1.807) is 0 Å². The van der Waals surface area contributed by atoms with E-state index in [9.17, 15) is 0 Å². The summed E-state index contributed by atoms with van der Waals surface area (Å²) in [6.07, 6.45) is 3.09. The van der Waals surface area contributed by atoms with Gasteiger partial charge in [-0.05, 0) is 60.7 Å². The maximum absolute atomic E-state index is 4.66. The van der Waals surface area contributed by atoms with Crippen LogP contribution in [0.15, 0.2) is 35.8 Å². The predicted octanol–water partition coefficient (Wildman–Crippen LogP) is 5.78. The minimum absolute atomic E-state index is 0.681. The highest BCUT2D eigenvalue weighted by atomic mass is 32.1. The van der Waals surface area contributed by atoms with E-state index in [0.717, 1.165) is 12.1 Å². The molecule has 2 heteroatoms. The number of benzene rings is 1. The van der Waals surface area contributed by atoms with Crippen LogP contribution in [0.3, 0.4) is 0 Å². The van der Waals surface area contributed by atoms with Crippen LogP contribution in [0.1, 0.15) is 30.5 Å². The van der Waals surface area contributed by atoms with Crippen LogP contribution in [0.5, 0.6) is 0 Å². The molecule has 108 valence electrons. The molecule has 2 heterocycles. The molecule has 1 nitrogen and oxygen atoms in total. The average molecular weight is 295 g/mol. The molecule has 0 radical (unpaired) electrons. The van der Waals surface area contributed by atoms with E-state index in [1.165, 1.54) is 32.3 Å². The number of aryl methyl sites for hydroxylation is 2. The number of hydrogen-bond donors (Lipinski definition) is 0. The van der Waals surface area contributed by atoms with Gasteiger partial charge in [0.15, 0.2) is 0 Å². The van der Waals surface area contributed by atoms with Crippen LogP contribution in [0, 0.1) is 19.8 Å². The maximum Gasteiger partial charge on any atom is 0.0880 e. The van der Waals surface area contributed by atoms with E-state index in [0.29, 0.717) is 5.92 Å². The fourth-order valence-corrected chi connectivity index (χ4v) is 4.02. The Balaban J connectivity index is 2.17. The summed E-state index contributed by atoms with van der Waals surface area (Å²) in [5.74, 6) is 0.681. The van der Waals surface area contributed by atoms with Gasteiger partial charge in [-0.25, -0.2) is 0 Å². The van der Waals surface area contributed by atoms with Crippen LogP contribution < -0.4 is 0 Å². The Bertz CT molecular complexity index is 763. The molecule has 3 aromatic rings. The van der Waals surface area contributed by atoms with Gasteiger partial charge in [0.1, 0.15) is 0 Å². The molecule has 1 aromatic carbocycles. The lowest BCUT2D eigenvalue weighted by Gasteiger charge is -2.07. The highest BCUT2D eigenvalue weighted by Crippen LogP contribution is 2.35. The summed E-state index contributed by atoms with van der Waals surface area (Å²) in [5.41, 5.74) is 6.40. The molecule has 0 aliphatic rings. The predicted molar refractivity (Wildman–Crippen MR) is 93.1 cm³/mol. The number of fused-ring (bicyclic) bond motifs is 1. The lowest BCUT2D eigenvalue weighted by atomic mass is 10.0. The first kappa shape index (κ1) is 14.3. The largest absolute Gasteiger partial charge is 0.255 e. The molecule has 0 saturated heterocycles. The summed E-state index contributed by atoms with van der Waals surface area (Å²) >= 11 is 1.83. The number of rotatable bonds is 3. The smallest absolute Gasteiger partial charge is 0.0880 e. The zero-order valence-electron chi connectivity index (χ0n) is 13.1. The van der Waals surface area contributed by atoms with Crippen molar-refractivity contribution in [2.24, 2.45) is 5.92 Å². The third kappa shape index (κ3) is 2.86. The second-order valence-electron chi connectivity index (χ2n) is 6.27. The first-order valence-corrected chi connectivity index (χ1v) is 8.36. The second-order valence-corrected chi connectivity index (χ2v) is 7.15. The Kier molecular flexibility index (Phi) is 3.81. The normalized spacial score (nSPS) is 11.5. The van der Waals surface area contributed by atoms with Gasteiger partial charge in [-0.1, -0.05) is 31.0 Å². The van der Waals surface area contributed by atoms with E-state index >= 15 is 0 Å². The molecule has 0 unspecified atom stereocenters. The molecule has 0 spiro atoms. The minimum atomic E-state index is 0.681. The molecule has 0 bridgehead atoms. The van der Waals surface area contributed by atoms with Gasteiger partial charge in [0.05, 0.1) is 10.4 Å². The molecule has 0 saturated carbocycles. The van der Waals surface area contributed by atoms with E-state index in [-0.39, 0.29) is 0 Å². The molecule has 21 heavy (non-hydrogen) atoms. The molecule has 3 rings (SSSR count). The number of aromatic nitrogens is 1. The Morgan fingerprint density at radius 2 is 1.81 bits per heavy atom. The van der Waals surface area contributed by atoms with Crippen LogP contribution in [0.4, 0.5) is 0 Å². The van der Waals surface area contributed by atoms with Crippen molar-refractivity contribution in [3.8, 4) is 11.3 Å². The first-order valence-electron chi connectivity index (χ1n) is 7.48. The van der Waals surface area contributed by atoms with Crippen molar-refractivity contribution < 1.29 is 0 Å². The molecule has 0 aliphatic carbocycles. The molecule has 2 aromatic heterocycles. The zero-order valence-corrected chi connectivity index (χ0v) is 13.9. The fourth-order valence-electron chi connectivity index (χ4n) is 2.93. The standard InChI is InChI=1S/C19H21NS/c1-12(2)7-16-11-21-19-17(16)5-6-20-18(19)15-9-13(3)8-14(4)10-15/h5-6,8-12H,7H2,1-4H3. The van der Waals surface area contributed by atoms with Crippen LogP contribution >= 0.6 is 11.3 Å². The van der Waals surface area contributed by atoms with Gasteiger partial charge >= 0.3 is 0 Å². The zero-order chi connectivity index (χ0) is 15.0. The highest BCUT2D eigenvalue weighted by Gasteiger charge is 2.12. The molecular weight excluding hydrogens is 274 g/mol. The van der Waals surface area contributed by atoms with Crippen molar-refractivity contribution in [3.63, 3.8) is 0 Å². The summed E-state index contributed by atoms with van der Waals surface area (Å²) in [7, 11) is 0. The molecule has 0 N–H and O–H groups in total. The van der Waals surface area contributed by atoms with Gasteiger partial charge in [0.25, 0.3) is 0 Å². The van der Waals surface area contributed by atoms with Crippen molar-refractivity contribution in [1.82, 2.24) is 4.98 Å².